The summed E-state index contributed by atoms with van der Waals surface area (Å²) < 4.78 is 24.6. The van der Waals surface area contributed by atoms with E-state index < -0.39 is 10.0 Å². The molecule has 0 aromatic carbocycles. The normalized spacial score (nSPS) is 12.3. The van der Waals surface area contributed by atoms with Crippen LogP contribution < -0.4 is 0 Å². The molecule has 0 aromatic rings. The molecule has 0 spiro atoms. The van der Waals surface area contributed by atoms with Crippen molar-refractivity contribution in [2.45, 2.75) is 26.7 Å². The van der Waals surface area contributed by atoms with Crippen LogP contribution in [0.1, 0.15) is 26.7 Å². The number of hydrogen-bond donors (Lipinski definition) is 0. The Morgan fingerprint density at radius 2 is 1.92 bits per heavy atom. The average Bonchev–Trinajstić information content (AvgIpc) is 2.10. The van der Waals surface area contributed by atoms with Crippen LogP contribution >= 0.6 is 11.6 Å². The average molecular weight is 228 g/mol. The second-order valence-electron chi connectivity index (χ2n) is 2.85. The van der Waals surface area contributed by atoms with E-state index in [0.29, 0.717) is 19.0 Å². The number of nitrogens with zero attached hydrogens (tertiary/aromatic N) is 1. The van der Waals surface area contributed by atoms with Gasteiger partial charge >= 0.3 is 0 Å². The monoisotopic (exact) mass is 227 g/mol. The van der Waals surface area contributed by atoms with Crippen LogP contribution in [0, 0.1) is 0 Å². The molecule has 0 aliphatic heterocycles. The van der Waals surface area contributed by atoms with Gasteiger partial charge < -0.3 is 0 Å². The van der Waals surface area contributed by atoms with E-state index in [1.807, 2.05) is 13.8 Å². The molecule has 0 atom stereocenters. The molecule has 3 nitrogen and oxygen atoms in total. The Balaban J connectivity index is 4.21. The molecule has 0 aromatic heterocycles. The van der Waals surface area contributed by atoms with Crippen molar-refractivity contribution in [1.82, 2.24) is 4.31 Å². The maximum atomic E-state index is 11.6. The quantitative estimate of drug-likeness (QED) is 0.621. The molecule has 0 saturated carbocycles. The Morgan fingerprint density at radius 3 is 2.31 bits per heavy atom. The van der Waals surface area contributed by atoms with Gasteiger partial charge in [0.2, 0.25) is 10.0 Å². The molecule has 13 heavy (non-hydrogen) atoms. The first-order chi connectivity index (χ1) is 6.08. The first kappa shape index (κ1) is 13.2. The molecular weight excluding hydrogens is 210 g/mol. The molecule has 0 bridgehead atoms. The largest absolute Gasteiger partial charge is 0.214 e. The van der Waals surface area contributed by atoms with Crippen LogP contribution in [0.15, 0.2) is 0 Å². The first-order valence-electron chi connectivity index (χ1n) is 4.62. The Morgan fingerprint density at radius 1 is 1.31 bits per heavy atom. The minimum absolute atomic E-state index is 0.244. The molecule has 80 valence electrons. The molecule has 0 aliphatic carbocycles. The number of sulfonamides is 1. The van der Waals surface area contributed by atoms with Gasteiger partial charge in [0.05, 0.1) is 5.75 Å². The summed E-state index contributed by atoms with van der Waals surface area (Å²) in [6.45, 7) is 4.74. The van der Waals surface area contributed by atoms with Crippen LogP contribution in [-0.2, 0) is 10.0 Å². The van der Waals surface area contributed by atoms with Gasteiger partial charge in [-0.3, -0.25) is 0 Å². The van der Waals surface area contributed by atoms with Crippen LogP contribution in [0.25, 0.3) is 0 Å². The summed E-state index contributed by atoms with van der Waals surface area (Å²) in [6, 6.07) is 0. The predicted octanol–water partition coefficient (Wildman–Crippen LogP) is 1.68. The van der Waals surface area contributed by atoms with Crippen LogP contribution in [0.4, 0.5) is 0 Å². The Hall–Kier alpha value is 0.200. The van der Waals surface area contributed by atoms with E-state index in [9.17, 15) is 8.42 Å². The van der Waals surface area contributed by atoms with Gasteiger partial charge in [0.15, 0.2) is 0 Å². The van der Waals surface area contributed by atoms with Crippen molar-refractivity contribution in [2.24, 2.45) is 0 Å². The fraction of sp³-hybridized carbons (Fsp3) is 1.00. The second-order valence-corrected chi connectivity index (χ2v) is 5.32. The van der Waals surface area contributed by atoms with Gasteiger partial charge in [0.25, 0.3) is 0 Å². The summed E-state index contributed by atoms with van der Waals surface area (Å²) in [5, 5.41) is 0. The minimum atomic E-state index is -3.05. The van der Waals surface area contributed by atoms with Gasteiger partial charge in [-0.1, -0.05) is 20.3 Å². The van der Waals surface area contributed by atoms with Crippen LogP contribution in [-0.4, -0.2) is 37.4 Å². The van der Waals surface area contributed by atoms with Crippen molar-refractivity contribution >= 4 is 21.6 Å². The zero-order chi connectivity index (χ0) is 10.3. The number of alkyl halides is 1. The van der Waals surface area contributed by atoms with Crippen molar-refractivity contribution in [3.05, 3.63) is 0 Å². The van der Waals surface area contributed by atoms with Crippen LogP contribution in [0.2, 0.25) is 0 Å². The van der Waals surface area contributed by atoms with E-state index in [2.05, 4.69) is 0 Å². The summed E-state index contributed by atoms with van der Waals surface area (Å²) in [5.74, 6) is 0.605. The van der Waals surface area contributed by atoms with Gasteiger partial charge in [0, 0.05) is 19.0 Å². The van der Waals surface area contributed by atoms with Gasteiger partial charge in [-0.05, 0) is 6.42 Å². The molecule has 0 amide bonds. The Kier molecular flexibility index (Phi) is 6.73. The second kappa shape index (κ2) is 6.62. The number of unbranched alkanes of at least 4 members (excludes halogenated alkanes) is 1. The molecule has 5 heteroatoms. The lowest BCUT2D eigenvalue weighted by atomic mass is 10.4. The zero-order valence-corrected chi connectivity index (χ0v) is 9.86. The Labute approximate surface area is 86.1 Å². The van der Waals surface area contributed by atoms with E-state index in [1.165, 1.54) is 4.31 Å². The molecule has 0 N–H and O–H groups in total. The number of rotatable bonds is 7. The van der Waals surface area contributed by atoms with Gasteiger partial charge in [-0.2, -0.15) is 0 Å². The first-order valence-corrected chi connectivity index (χ1v) is 6.76. The topological polar surface area (TPSA) is 37.4 Å². The zero-order valence-electron chi connectivity index (χ0n) is 8.29. The molecule has 0 fully saturated rings. The highest BCUT2D eigenvalue weighted by Crippen LogP contribution is 2.04. The fourth-order valence-corrected chi connectivity index (χ4v) is 3.02. The maximum absolute atomic E-state index is 11.6. The minimum Gasteiger partial charge on any atom is -0.212 e. The van der Waals surface area contributed by atoms with Crippen molar-refractivity contribution < 1.29 is 8.42 Å². The molecule has 0 aliphatic rings. The summed E-state index contributed by atoms with van der Waals surface area (Å²) >= 11 is 5.51. The van der Waals surface area contributed by atoms with Crippen molar-refractivity contribution in [2.75, 3.05) is 24.7 Å². The van der Waals surface area contributed by atoms with E-state index in [0.717, 1.165) is 12.8 Å². The van der Waals surface area contributed by atoms with Gasteiger partial charge in [-0.15, -0.1) is 11.6 Å². The summed E-state index contributed by atoms with van der Waals surface area (Å²) in [7, 11) is -3.05. The van der Waals surface area contributed by atoms with E-state index in [1.54, 1.807) is 0 Å². The van der Waals surface area contributed by atoms with Crippen molar-refractivity contribution in [3.8, 4) is 0 Å². The third kappa shape index (κ3) is 4.84. The van der Waals surface area contributed by atoms with Crippen LogP contribution in [0.3, 0.4) is 0 Å². The number of hydrogen-bond acceptors (Lipinski definition) is 2. The van der Waals surface area contributed by atoms with Gasteiger partial charge in [0.1, 0.15) is 0 Å². The summed E-state index contributed by atoms with van der Waals surface area (Å²) in [4.78, 5) is 0. The third-order valence-corrected chi connectivity index (χ3v) is 4.04. The lowest BCUT2D eigenvalue weighted by Crippen LogP contribution is -2.34. The Bertz CT molecular complexity index is 216. The number of halogens is 1. The lowest BCUT2D eigenvalue weighted by molar-refractivity contribution is 0.445. The SMILES string of the molecule is CCCCS(=O)(=O)N(CC)CCCl. The molecule has 0 unspecified atom stereocenters. The molecule has 0 radical (unpaired) electrons. The van der Waals surface area contributed by atoms with Gasteiger partial charge in [-0.25, -0.2) is 12.7 Å². The van der Waals surface area contributed by atoms with E-state index >= 15 is 0 Å². The smallest absolute Gasteiger partial charge is 0.212 e. The molecule has 0 rings (SSSR count). The lowest BCUT2D eigenvalue weighted by Gasteiger charge is -2.18. The third-order valence-electron chi connectivity index (χ3n) is 1.84. The van der Waals surface area contributed by atoms with E-state index in [-0.39, 0.29) is 5.75 Å². The summed E-state index contributed by atoms with van der Waals surface area (Å²) in [5.41, 5.74) is 0. The summed E-state index contributed by atoms with van der Waals surface area (Å²) in [6.07, 6.45) is 1.62. The van der Waals surface area contributed by atoms with Crippen molar-refractivity contribution in [3.63, 3.8) is 0 Å². The standard InChI is InChI=1S/C8H18ClNO2S/c1-3-5-8-13(11,12)10(4-2)7-6-9/h3-8H2,1-2H3. The maximum Gasteiger partial charge on any atom is 0.214 e. The molecule has 0 heterocycles. The molecular formula is C8H18ClNO2S. The van der Waals surface area contributed by atoms with E-state index in [4.69, 9.17) is 11.6 Å². The van der Waals surface area contributed by atoms with Crippen molar-refractivity contribution in [1.29, 1.82) is 0 Å². The predicted molar refractivity (Wildman–Crippen MR) is 56.7 cm³/mol. The highest BCUT2D eigenvalue weighted by Gasteiger charge is 2.18. The molecule has 0 saturated heterocycles. The highest BCUT2D eigenvalue weighted by atomic mass is 35.5. The van der Waals surface area contributed by atoms with Crippen LogP contribution in [0.5, 0.6) is 0 Å². The fourth-order valence-electron chi connectivity index (χ4n) is 1.04. The highest BCUT2D eigenvalue weighted by molar-refractivity contribution is 7.89.